The number of nitrogens with zero attached hydrogens (tertiary/aromatic N) is 2. The summed E-state index contributed by atoms with van der Waals surface area (Å²) in [6.07, 6.45) is -3.32. The Morgan fingerprint density at radius 1 is 1.23 bits per heavy atom. The van der Waals surface area contributed by atoms with Crippen molar-refractivity contribution in [2.45, 2.75) is 31.9 Å². The number of guanidine groups is 1. The second-order valence-electron chi connectivity index (χ2n) is 8.03. The zero-order valence-corrected chi connectivity index (χ0v) is 20.4. The predicted molar refractivity (Wildman–Crippen MR) is 124 cm³/mol. The van der Waals surface area contributed by atoms with E-state index in [1.165, 1.54) is 12.1 Å². The second-order valence-corrected chi connectivity index (χ2v) is 8.03. The molecule has 0 bridgehead atoms. The molecule has 1 saturated heterocycles. The molecule has 1 heterocycles. The molecule has 0 saturated carbocycles. The highest BCUT2D eigenvalue weighted by molar-refractivity contribution is 14.0. The molecule has 1 aliphatic heterocycles. The average Bonchev–Trinajstić information content (AvgIpc) is 3.14. The first-order valence-electron chi connectivity index (χ1n) is 9.87. The zero-order valence-electron chi connectivity index (χ0n) is 18.1. The number of halogens is 4. The molecule has 0 amide bonds. The molecule has 5 nitrogen and oxygen atoms in total. The molecule has 9 heteroatoms. The number of alkyl halides is 3. The highest BCUT2D eigenvalue weighted by Gasteiger charge is 2.32. The third-order valence-corrected chi connectivity index (χ3v) is 5.24. The number of hydrogen-bond donors (Lipinski definition) is 1. The summed E-state index contributed by atoms with van der Waals surface area (Å²) in [6.45, 7) is 7.92. The van der Waals surface area contributed by atoms with Crippen LogP contribution in [0, 0.1) is 5.92 Å². The number of ether oxygens (including phenoxy) is 2. The molecule has 1 fully saturated rings. The van der Waals surface area contributed by atoms with E-state index in [1.807, 2.05) is 13.8 Å². The van der Waals surface area contributed by atoms with Crippen LogP contribution in [0.3, 0.4) is 0 Å². The van der Waals surface area contributed by atoms with Crippen molar-refractivity contribution in [3.63, 3.8) is 0 Å². The highest BCUT2D eigenvalue weighted by atomic mass is 127. The van der Waals surface area contributed by atoms with E-state index in [0.717, 1.165) is 31.5 Å². The van der Waals surface area contributed by atoms with Gasteiger partial charge in [0.2, 0.25) is 0 Å². The minimum atomic E-state index is -4.34. The van der Waals surface area contributed by atoms with Crippen molar-refractivity contribution in [2.24, 2.45) is 10.9 Å². The predicted octanol–water partition coefficient (Wildman–Crippen LogP) is 4.16. The molecular formula is C21H33F3IN3O2. The maximum absolute atomic E-state index is 13.0. The molecule has 1 aliphatic rings. The van der Waals surface area contributed by atoms with E-state index in [1.54, 1.807) is 20.2 Å². The second kappa shape index (κ2) is 12.1. The maximum Gasteiger partial charge on any atom is 0.416 e. The maximum atomic E-state index is 13.0. The summed E-state index contributed by atoms with van der Waals surface area (Å²) in [5.74, 6) is 1.20. The van der Waals surface area contributed by atoms with E-state index in [0.29, 0.717) is 37.8 Å². The lowest BCUT2D eigenvalue weighted by atomic mass is 9.84. The molecular weight excluding hydrogens is 510 g/mol. The minimum absolute atomic E-state index is 0. The van der Waals surface area contributed by atoms with Gasteiger partial charge in [-0.2, -0.15) is 13.2 Å². The first kappa shape index (κ1) is 27.0. The highest BCUT2D eigenvalue weighted by Crippen LogP contribution is 2.32. The van der Waals surface area contributed by atoms with Crippen molar-refractivity contribution in [2.75, 3.05) is 53.6 Å². The Hall–Kier alpha value is -1.07. The van der Waals surface area contributed by atoms with Crippen LogP contribution in [0.25, 0.3) is 0 Å². The number of rotatable bonds is 8. The number of nitrogens with one attached hydrogen (secondary N) is 1. The van der Waals surface area contributed by atoms with Crippen molar-refractivity contribution in [3.8, 4) is 0 Å². The van der Waals surface area contributed by atoms with Crippen LogP contribution in [0.2, 0.25) is 0 Å². The van der Waals surface area contributed by atoms with Crippen LogP contribution in [0.5, 0.6) is 0 Å². The summed E-state index contributed by atoms with van der Waals surface area (Å²) in [6, 6.07) is 5.53. The lowest BCUT2D eigenvalue weighted by Crippen LogP contribution is -2.45. The molecule has 0 aromatic heterocycles. The first-order valence-corrected chi connectivity index (χ1v) is 9.87. The molecule has 1 N–H and O–H groups in total. The first-order chi connectivity index (χ1) is 13.7. The molecule has 1 aromatic carbocycles. The molecule has 1 aromatic rings. The molecule has 0 spiro atoms. The Kier molecular flexibility index (Phi) is 10.9. The third kappa shape index (κ3) is 7.88. The molecule has 30 heavy (non-hydrogen) atoms. The van der Waals surface area contributed by atoms with Crippen LogP contribution in [-0.4, -0.2) is 64.5 Å². The van der Waals surface area contributed by atoms with Gasteiger partial charge in [-0.1, -0.05) is 32.0 Å². The Labute approximate surface area is 194 Å². The van der Waals surface area contributed by atoms with Gasteiger partial charge in [0.1, 0.15) is 0 Å². The normalized spacial score (nSPS) is 17.8. The van der Waals surface area contributed by atoms with E-state index in [4.69, 9.17) is 9.47 Å². The monoisotopic (exact) mass is 543 g/mol. The Bertz CT molecular complexity index is 684. The van der Waals surface area contributed by atoms with Gasteiger partial charge in [-0.3, -0.25) is 4.99 Å². The molecule has 172 valence electrons. The van der Waals surface area contributed by atoms with Crippen LogP contribution >= 0.6 is 24.0 Å². The average molecular weight is 543 g/mol. The largest absolute Gasteiger partial charge is 0.416 e. The molecule has 0 radical (unpaired) electrons. The van der Waals surface area contributed by atoms with Crippen molar-refractivity contribution >= 4 is 29.9 Å². The molecule has 2 rings (SSSR count). The standard InChI is InChI=1S/C21H32F3N3O2.HI/c1-20(2,17-6-5-7-18(12-17)21(22,23)24)15-26-19(25-3)27-9-8-16(13-27)14-29-11-10-28-4;/h5-7,12,16H,8-11,13-15H2,1-4H3,(H,25,26);1H. The van der Waals surface area contributed by atoms with Gasteiger partial charge >= 0.3 is 6.18 Å². The Morgan fingerprint density at radius 2 is 1.93 bits per heavy atom. The van der Waals surface area contributed by atoms with E-state index in [-0.39, 0.29) is 24.0 Å². The summed E-state index contributed by atoms with van der Waals surface area (Å²) in [5.41, 5.74) is -0.469. The summed E-state index contributed by atoms with van der Waals surface area (Å²) < 4.78 is 49.7. The zero-order chi connectivity index (χ0) is 21.5. The van der Waals surface area contributed by atoms with Crippen LogP contribution in [0.1, 0.15) is 31.4 Å². The number of aliphatic imine (C=N–C) groups is 1. The van der Waals surface area contributed by atoms with Gasteiger partial charge < -0.3 is 19.7 Å². The smallest absolute Gasteiger partial charge is 0.382 e. The molecule has 1 atom stereocenters. The van der Waals surface area contributed by atoms with E-state index < -0.39 is 17.2 Å². The SMILES string of the molecule is CN=C(NCC(C)(C)c1cccc(C(F)(F)F)c1)N1CCC(COCCOC)C1.I. The van der Waals surface area contributed by atoms with Gasteiger partial charge in [0.15, 0.2) is 5.96 Å². The summed E-state index contributed by atoms with van der Waals surface area (Å²) in [5, 5.41) is 3.34. The lowest BCUT2D eigenvalue weighted by molar-refractivity contribution is -0.137. The van der Waals surface area contributed by atoms with Gasteiger partial charge in [-0.05, 0) is 18.1 Å². The number of methoxy groups -OCH3 is 1. The van der Waals surface area contributed by atoms with Gasteiger partial charge in [0.25, 0.3) is 0 Å². The Balaban J connectivity index is 0.00000450. The topological polar surface area (TPSA) is 46.1 Å². The van der Waals surface area contributed by atoms with Crippen molar-refractivity contribution < 1.29 is 22.6 Å². The minimum Gasteiger partial charge on any atom is -0.382 e. The number of hydrogen-bond acceptors (Lipinski definition) is 3. The number of likely N-dealkylation sites (tertiary alicyclic amines) is 1. The van der Waals surface area contributed by atoms with Gasteiger partial charge in [0.05, 0.1) is 25.4 Å². The van der Waals surface area contributed by atoms with Gasteiger partial charge in [-0.15, -0.1) is 24.0 Å². The fourth-order valence-corrected chi connectivity index (χ4v) is 3.40. The third-order valence-electron chi connectivity index (χ3n) is 5.24. The van der Waals surface area contributed by atoms with E-state index >= 15 is 0 Å². The summed E-state index contributed by atoms with van der Waals surface area (Å²) >= 11 is 0. The molecule has 1 unspecified atom stereocenters. The quantitative estimate of drug-likeness (QED) is 0.232. The number of benzene rings is 1. The van der Waals surface area contributed by atoms with Crippen LogP contribution in [0.4, 0.5) is 13.2 Å². The van der Waals surface area contributed by atoms with Crippen molar-refractivity contribution in [1.82, 2.24) is 10.2 Å². The Morgan fingerprint density at radius 3 is 2.57 bits per heavy atom. The van der Waals surface area contributed by atoms with Crippen LogP contribution in [0.15, 0.2) is 29.3 Å². The van der Waals surface area contributed by atoms with E-state index in [9.17, 15) is 13.2 Å². The van der Waals surface area contributed by atoms with Crippen molar-refractivity contribution in [3.05, 3.63) is 35.4 Å². The lowest BCUT2D eigenvalue weighted by Gasteiger charge is -2.29. The summed E-state index contributed by atoms with van der Waals surface area (Å²) in [7, 11) is 3.37. The van der Waals surface area contributed by atoms with Crippen LogP contribution in [-0.2, 0) is 21.1 Å². The van der Waals surface area contributed by atoms with Gasteiger partial charge in [-0.25, -0.2) is 0 Å². The summed E-state index contributed by atoms with van der Waals surface area (Å²) in [4.78, 5) is 6.53. The fraction of sp³-hybridized carbons (Fsp3) is 0.667. The van der Waals surface area contributed by atoms with E-state index in [2.05, 4.69) is 15.2 Å². The molecule has 0 aliphatic carbocycles. The van der Waals surface area contributed by atoms with Gasteiger partial charge in [0, 0.05) is 45.1 Å². The van der Waals surface area contributed by atoms with Crippen molar-refractivity contribution in [1.29, 1.82) is 0 Å². The fourth-order valence-electron chi connectivity index (χ4n) is 3.40. The van der Waals surface area contributed by atoms with Crippen LogP contribution < -0.4 is 5.32 Å².